The van der Waals surface area contributed by atoms with Crippen molar-refractivity contribution in [1.29, 1.82) is 0 Å². The van der Waals surface area contributed by atoms with Gasteiger partial charge < -0.3 is 10.6 Å². The number of pyridine rings is 1. The molecule has 1 heterocycles. The number of nitrogens with one attached hydrogen (secondary N) is 2. The van der Waals surface area contributed by atoms with E-state index in [1.54, 1.807) is 19.3 Å². The lowest BCUT2D eigenvalue weighted by molar-refractivity contribution is 0.0933. The molecule has 4 nitrogen and oxygen atoms in total. The van der Waals surface area contributed by atoms with Gasteiger partial charge in [-0.15, -0.1) is 0 Å². The van der Waals surface area contributed by atoms with Gasteiger partial charge in [-0.25, -0.2) is 4.98 Å². The highest BCUT2D eigenvalue weighted by molar-refractivity contribution is 9.10. The normalized spacial score (nSPS) is 15.9. The number of amides is 1. The van der Waals surface area contributed by atoms with Crippen LogP contribution in [0.25, 0.3) is 0 Å². The third-order valence-corrected chi connectivity index (χ3v) is 3.91. The number of hydrogen-bond donors (Lipinski definition) is 2. The number of hydrogen-bond acceptors (Lipinski definition) is 3. The number of aromatic nitrogens is 1. The SMILES string of the molecule is CCC(CC1CC1)NC(=O)c1cc(Br)cnc1NC. The summed E-state index contributed by atoms with van der Waals surface area (Å²) in [5.41, 5.74) is 0.589. The zero-order valence-corrected chi connectivity index (χ0v) is 13.0. The molecule has 19 heavy (non-hydrogen) atoms. The van der Waals surface area contributed by atoms with Crippen molar-refractivity contribution < 1.29 is 4.79 Å². The van der Waals surface area contributed by atoms with Crippen molar-refractivity contribution in [1.82, 2.24) is 10.3 Å². The first kappa shape index (κ1) is 14.3. The van der Waals surface area contributed by atoms with Gasteiger partial charge in [-0.05, 0) is 40.8 Å². The third kappa shape index (κ3) is 3.93. The Labute approximate surface area is 122 Å². The molecule has 0 spiro atoms. The molecule has 2 rings (SSSR count). The van der Waals surface area contributed by atoms with Crippen molar-refractivity contribution in [2.45, 2.75) is 38.6 Å². The van der Waals surface area contributed by atoms with Crippen LogP contribution < -0.4 is 10.6 Å². The Hall–Kier alpha value is -1.10. The fourth-order valence-corrected chi connectivity index (χ4v) is 2.49. The Morgan fingerprint density at radius 2 is 2.32 bits per heavy atom. The molecule has 1 fully saturated rings. The fraction of sp³-hybridized carbons (Fsp3) is 0.571. The second-order valence-electron chi connectivity index (χ2n) is 5.06. The van der Waals surface area contributed by atoms with Crippen LogP contribution in [-0.4, -0.2) is 24.0 Å². The minimum absolute atomic E-state index is 0.0503. The predicted molar refractivity (Wildman–Crippen MR) is 80.4 cm³/mol. The van der Waals surface area contributed by atoms with E-state index in [1.807, 2.05) is 0 Å². The average molecular weight is 326 g/mol. The molecule has 0 bridgehead atoms. The minimum Gasteiger partial charge on any atom is -0.372 e. The molecule has 0 aromatic carbocycles. The molecule has 2 N–H and O–H groups in total. The van der Waals surface area contributed by atoms with E-state index < -0.39 is 0 Å². The van der Waals surface area contributed by atoms with Crippen LogP contribution in [0.1, 0.15) is 43.0 Å². The molecule has 1 aliphatic carbocycles. The minimum atomic E-state index is -0.0503. The van der Waals surface area contributed by atoms with Crippen LogP contribution >= 0.6 is 15.9 Å². The number of anilines is 1. The van der Waals surface area contributed by atoms with Crippen LogP contribution in [-0.2, 0) is 0 Å². The van der Waals surface area contributed by atoms with E-state index in [-0.39, 0.29) is 11.9 Å². The molecular formula is C14H20BrN3O. The van der Waals surface area contributed by atoms with E-state index in [0.29, 0.717) is 11.4 Å². The summed E-state index contributed by atoms with van der Waals surface area (Å²) in [6.45, 7) is 2.12. The maximum atomic E-state index is 12.3. The molecule has 1 aliphatic rings. The van der Waals surface area contributed by atoms with E-state index in [9.17, 15) is 4.79 Å². The first-order valence-corrected chi connectivity index (χ1v) is 7.57. The molecule has 0 radical (unpaired) electrons. The lowest BCUT2D eigenvalue weighted by atomic mass is 10.1. The summed E-state index contributed by atoms with van der Waals surface area (Å²) in [6, 6.07) is 2.07. The summed E-state index contributed by atoms with van der Waals surface area (Å²) in [5.74, 6) is 1.38. The zero-order valence-electron chi connectivity index (χ0n) is 11.4. The monoisotopic (exact) mass is 325 g/mol. The van der Waals surface area contributed by atoms with E-state index in [1.165, 1.54) is 12.8 Å². The molecule has 1 saturated carbocycles. The number of nitrogens with zero attached hydrogens (tertiary/aromatic N) is 1. The van der Waals surface area contributed by atoms with Crippen LogP contribution in [0.15, 0.2) is 16.7 Å². The second-order valence-corrected chi connectivity index (χ2v) is 5.97. The molecule has 1 aromatic heterocycles. The van der Waals surface area contributed by atoms with E-state index in [4.69, 9.17) is 0 Å². The van der Waals surface area contributed by atoms with Gasteiger partial charge in [0.05, 0.1) is 5.56 Å². The first-order chi connectivity index (χ1) is 9.13. The van der Waals surface area contributed by atoms with Crippen molar-refractivity contribution in [3.63, 3.8) is 0 Å². The van der Waals surface area contributed by atoms with Crippen LogP contribution in [0.4, 0.5) is 5.82 Å². The Balaban J connectivity index is 2.06. The number of carbonyl (C=O) groups is 1. The predicted octanol–water partition coefficient (Wildman–Crippen LogP) is 3.19. The van der Waals surface area contributed by atoms with Gasteiger partial charge >= 0.3 is 0 Å². The molecule has 1 unspecified atom stereocenters. The molecular weight excluding hydrogens is 306 g/mol. The summed E-state index contributed by atoms with van der Waals surface area (Å²) in [5, 5.41) is 6.07. The van der Waals surface area contributed by atoms with Gasteiger partial charge in [0.2, 0.25) is 0 Å². The smallest absolute Gasteiger partial charge is 0.255 e. The van der Waals surface area contributed by atoms with Gasteiger partial charge in [0, 0.05) is 23.8 Å². The number of rotatable bonds is 6. The van der Waals surface area contributed by atoms with Crippen molar-refractivity contribution >= 4 is 27.7 Å². The second kappa shape index (κ2) is 6.37. The van der Waals surface area contributed by atoms with E-state index in [2.05, 4.69) is 38.5 Å². The van der Waals surface area contributed by atoms with Gasteiger partial charge in [0.1, 0.15) is 5.82 Å². The Morgan fingerprint density at radius 1 is 1.58 bits per heavy atom. The van der Waals surface area contributed by atoms with Gasteiger partial charge in [-0.2, -0.15) is 0 Å². The summed E-state index contributed by atoms with van der Waals surface area (Å²) in [6.07, 6.45) is 6.38. The van der Waals surface area contributed by atoms with Gasteiger partial charge in [0.15, 0.2) is 0 Å². The van der Waals surface area contributed by atoms with Crippen LogP contribution in [0, 0.1) is 5.92 Å². The molecule has 1 atom stereocenters. The van der Waals surface area contributed by atoms with Crippen LogP contribution in [0.3, 0.4) is 0 Å². The summed E-state index contributed by atoms with van der Waals surface area (Å²) >= 11 is 3.36. The lowest BCUT2D eigenvalue weighted by Gasteiger charge is -2.17. The fourth-order valence-electron chi connectivity index (χ4n) is 2.16. The van der Waals surface area contributed by atoms with Crippen LogP contribution in [0.2, 0.25) is 0 Å². The molecule has 104 valence electrons. The summed E-state index contributed by atoms with van der Waals surface area (Å²) in [4.78, 5) is 16.5. The third-order valence-electron chi connectivity index (χ3n) is 3.48. The van der Waals surface area contributed by atoms with E-state index >= 15 is 0 Å². The molecule has 0 saturated heterocycles. The standard InChI is InChI=1S/C14H20BrN3O/c1-3-11(6-9-4-5-9)18-14(19)12-7-10(15)8-17-13(12)16-2/h7-9,11H,3-6H2,1-2H3,(H,16,17)(H,18,19). The van der Waals surface area contributed by atoms with Crippen LogP contribution in [0.5, 0.6) is 0 Å². The molecule has 1 amide bonds. The maximum Gasteiger partial charge on any atom is 0.255 e. The molecule has 5 heteroatoms. The highest BCUT2D eigenvalue weighted by atomic mass is 79.9. The average Bonchev–Trinajstić information content (AvgIpc) is 3.21. The highest BCUT2D eigenvalue weighted by Gasteiger charge is 2.26. The number of carbonyl (C=O) groups excluding carboxylic acids is 1. The maximum absolute atomic E-state index is 12.3. The summed E-state index contributed by atoms with van der Waals surface area (Å²) < 4.78 is 0.812. The quantitative estimate of drug-likeness (QED) is 0.844. The zero-order chi connectivity index (χ0) is 13.8. The Kier molecular flexibility index (Phi) is 4.80. The Morgan fingerprint density at radius 3 is 2.89 bits per heavy atom. The van der Waals surface area contributed by atoms with Crippen molar-refractivity contribution in [2.24, 2.45) is 5.92 Å². The van der Waals surface area contributed by atoms with Gasteiger partial charge in [0.25, 0.3) is 5.91 Å². The largest absolute Gasteiger partial charge is 0.372 e. The Bertz CT molecular complexity index is 460. The van der Waals surface area contributed by atoms with Crippen molar-refractivity contribution in [3.8, 4) is 0 Å². The molecule has 1 aromatic rings. The van der Waals surface area contributed by atoms with Gasteiger partial charge in [-0.3, -0.25) is 4.79 Å². The first-order valence-electron chi connectivity index (χ1n) is 6.78. The summed E-state index contributed by atoms with van der Waals surface area (Å²) in [7, 11) is 1.77. The number of halogens is 1. The lowest BCUT2D eigenvalue weighted by Crippen LogP contribution is -2.35. The van der Waals surface area contributed by atoms with Gasteiger partial charge in [-0.1, -0.05) is 19.8 Å². The van der Waals surface area contributed by atoms with E-state index in [0.717, 1.165) is 23.2 Å². The topological polar surface area (TPSA) is 54.0 Å². The highest BCUT2D eigenvalue weighted by Crippen LogP contribution is 2.34. The van der Waals surface area contributed by atoms with Crippen molar-refractivity contribution in [3.05, 3.63) is 22.3 Å². The molecule has 0 aliphatic heterocycles. The van der Waals surface area contributed by atoms with Crippen molar-refractivity contribution in [2.75, 3.05) is 12.4 Å².